The SMILES string of the molecule is CC1CCCCCC1CCS(N)(=O)=O. The van der Waals surface area contributed by atoms with Crippen molar-refractivity contribution in [2.45, 2.75) is 45.4 Å². The molecule has 0 spiro atoms. The van der Waals surface area contributed by atoms with Crippen LogP contribution in [0.1, 0.15) is 45.4 Å². The second kappa shape index (κ2) is 5.12. The van der Waals surface area contributed by atoms with Crippen LogP contribution in [0, 0.1) is 11.8 Å². The normalized spacial score (nSPS) is 29.9. The maximum atomic E-state index is 10.8. The van der Waals surface area contributed by atoms with Gasteiger partial charge in [0.2, 0.25) is 10.0 Å². The van der Waals surface area contributed by atoms with Gasteiger partial charge in [0, 0.05) is 0 Å². The minimum absolute atomic E-state index is 0.155. The summed E-state index contributed by atoms with van der Waals surface area (Å²) in [5, 5.41) is 5.01. The molecule has 0 aliphatic heterocycles. The Balaban J connectivity index is 2.41. The summed E-state index contributed by atoms with van der Waals surface area (Å²) >= 11 is 0. The van der Waals surface area contributed by atoms with Gasteiger partial charge in [-0.15, -0.1) is 0 Å². The predicted octanol–water partition coefficient (Wildman–Crippen LogP) is 1.88. The minimum atomic E-state index is -3.26. The van der Waals surface area contributed by atoms with Crippen molar-refractivity contribution >= 4 is 10.0 Å². The first kappa shape index (κ1) is 12.0. The van der Waals surface area contributed by atoms with Gasteiger partial charge < -0.3 is 0 Å². The van der Waals surface area contributed by atoms with Crippen molar-refractivity contribution in [1.82, 2.24) is 0 Å². The second-order valence-corrected chi connectivity index (χ2v) is 6.27. The van der Waals surface area contributed by atoms with Crippen molar-refractivity contribution in [2.24, 2.45) is 17.0 Å². The fourth-order valence-corrected chi connectivity index (χ4v) is 2.95. The topological polar surface area (TPSA) is 60.2 Å². The molecular formula is C10H21NO2S. The Kier molecular flexibility index (Phi) is 4.38. The summed E-state index contributed by atoms with van der Waals surface area (Å²) in [6, 6.07) is 0. The standard InChI is InChI=1S/C10H21NO2S/c1-9-5-3-2-4-6-10(9)7-8-14(11,12)13/h9-10H,2-8H2,1H3,(H2,11,12,13). The first-order chi connectivity index (χ1) is 6.49. The van der Waals surface area contributed by atoms with Gasteiger partial charge in [-0.25, -0.2) is 13.6 Å². The molecule has 1 aliphatic carbocycles. The number of hydrogen-bond acceptors (Lipinski definition) is 2. The van der Waals surface area contributed by atoms with Crippen LogP contribution in [0.15, 0.2) is 0 Å². The number of primary sulfonamides is 1. The molecule has 0 aromatic carbocycles. The van der Waals surface area contributed by atoms with Gasteiger partial charge in [-0.05, 0) is 18.3 Å². The summed E-state index contributed by atoms with van der Waals surface area (Å²) in [5.74, 6) is 1.39. The van der Waals surface area contributed by atoms with Gasteiger partial charge in [0.1, 0.15) is 0 Å². The fourth-order valence-electron chi connectivity index (χ4n) is 2.31. The van der Waals surface area contributed by atoms with Crippen LogP contribution in [-0.4, -0.2) is 14.2 Å². The number of sulfonamides is 1. The van der Waals surface area contributed by atoms with Crippen molar-refractivity contribution in [3.8, 4) is 0 Å². The van der Waals surface area contributed by atoms with Gasteiger partial charge in [-0.3, -0.25) is 0 Å². The van der Waals surface area contributed by atoms with E-state index in [9.17, 15) is 8.42 Å². The molecular weight excluding hydrogens is 198 g/mol. The van der Waals surface area contributed by atoms with Gasteiger partial charge in [-0.2, -0.15) is 0 Å². The highest BCUT2D eigenvalue weighted by atomic mass is 32.2. The van der Waals surface area contributed by atoms with E-state index in [4.69, 9.17) is 5.14 Å². The Morgan fingerprint density at radius 3 is 2.50 bits per heavy atom. The van der Waals surface area contributed by atoms with Crippen LogP contribution in [0.4, 0.5) is 0 Å². The summed E-state index contributed by atoms with van der Waals surface area (Å²) < 4.78 is 21.7. The highest BCUT2D eigenvalue weighted by molar-refractivity contribution is 7.89. The van der Waals surface area contributed by atoms with E-state index in [2.05, 4.69) is 6.92 Å². The fraction of sp³-hybridized carbons (Fsp3) is 1.00. The molecule has 84 valence electrons. The molecule has 1 saturated carbocycles. The minimum Gasteiger partial charge on any atom is -0.229 e. The van der Waals surface area contributed by atoms with E-state index in [1.54, 1.807) is 0 Å². The molecule has 0 aromatic heterocycles. The Labute approximate surface area is 87.1 Å². The summed E-state index contributed by atoms with van der Waals surface area (Å²) in [5.41, 5.74) is 0. The van der Waals surface area contributed by atoms with E-state index in [0.717, 1.165) is 6.42 Å². The average Bonchev–Trinajstić information content (AvgIpc) is 2.25. The largest absolute Gasteiger partial charge is 0.229 e. The van der Waals surface area contributed by atoms with Gasteiger partial charge in [0.25, 0.3) is 0 Å². The molecule has 0 amide bonds. The van der Waals surface area contributed by atoms with Gasteiger partial charge in [-0.1, -0.05) is 39.0 Å². The average molecular weight is 219 g/mol. The lowest BCUT2D eigenvalue weighted by Crippen LogP contribution is -2.21. The van der Waals surface area contributed by atoms with E-state index in [-0.39, 0.29) is 5.75 Å². The molecule has 4 heteroatoms. The quantitative estimate of drug-likeness (QED) is 0.737. The van der Waals surface area contributed by atoms with Crippen LogP contribution >= 0.6 is 0 Å². The molecule has 1 rings (SSSR count). The highest BCUT2D eigenvalue weighted by Gasteiger charge is 2.20. The molecule has 2 N–H and O–H groups in total. The maximum absolute atomic E-state index is 10.8. The molecule has 0 heterocycles. The zero-order chi connectivity index (χ0) is 10.6. The third kappa shape index (κ3) is 4.42. The van der Waals surface area contributed by atoms with Gasteiger partial charge in [0.05, 0.1) is 5.75 Å². The molecule has 0 saturated heterocycles. The van der Waals surface area contributed by atoms with Gasteiger partial charge >= 0.3 is 0 Å². The Morgan fingerprint density at radius 2 is 1.86 bits per heavy atom. The molecule has 0 aromatic rings. The number of hydrogen-bond donors (Lipinski definition) is 1. The van der Waals surface area contributed by atoms with E-state index in [0.29, 0.717) is 11.8 Å². The van der Waals surface area contributed by atoms with Crippen LogP contribution in [-0.2, 0) is 10.0 Å². The molecule has 1 fully saturated rings. The van der Waals surface area contributed by atoms with Crippen molar-refractivity contribution in [2.75, 3.05) is 5.75 Å². The van der Waals surface area contributed by atoms with Crippen LogP contribution in [0.3, 0.4) is 0 Å². The van der Waals surface area contributed by atoms with E-state index < -0.39 is 10.0 Å². The molecule has 0 bridgehead atoms. The zero-order valence-corrected chi connectivity index (χ0v) is 9.72. The van der Waals surface area contributed by atoms with Crippen molar-refractivity contribution in [3.63, 3.8) is 0 Å². The third-order valence-corrected chi connectivity index (χ3v) is 4.12. The van der Waals surface area contributed by atoms with Crippen LogP contribution < -0.4 is 5.14 Å². The predicted molar refractivity (Wildman–Crippen MR) is 58.3 cm³/mol. The molecule has 0 radical (unpaired) electrons. The van der Waals surface area contributed by atoms with Crippen LogP contribution in [0.5, 0.6) is 0 Å². The summed E-state index contributed by atoms with van der Waals surface area (Å²) in [6.07, 6.45) is 7.02. The van der Waals surface area contributed by atoms with Crippen molar-refractivity contribution < 1.29 is 8.42 Å². The molecule has 2 atom stereocenters. The zero-order valence-electron chi connectivity index (χ0n) is 8.91. The molecule has 1 aliphatic rings. The second-order valence-electron chi connectivity index (χ2n) is 4.53. The van der Waals surface area contributed by atoms with Crippen molar-refractivity contribution in [3.05, 3.63) is 0 Å². The van der Waals surface area contributed by atoms with E-state index in [1.165, 1.54) is 32.1 Å². The monoisotopic (exact) mass is 219 g/mol. The van der Waals surface area contributed by atoms with E-state index in [1.807, 2.05) is 0 Å². The highest BCUT2D eigenvalue weighted by Crippen LogP contribution is 2.30. The molecule has 14 heavy (non-hydrogen) atoms. The van der Waals surface area contributed by atoms with E-state index >= 15 is 0 Å². The Hall–Kier alpha value is -0.0900. The number of nitrogens with two attached hydrogens (primary N) is 1. The van der Waals surface area contributed by atoms with Gasteiger partial charge in [0.15, 0.2) is 0 Å². The van der Waals surface area contributed by atoms with Crippen LogP contribution in [0.2, 0.25) is 0 Å². The lowest BCUT2D eigenvalue weighted by atomic mass is 9.88. The molecule has 2 unspecified atom stereocenters. The maximum Gasteiger partial charge on any atom is 0.209 e. The molecule has 3 nitrogen and oxygen atoms in total. The summed E-state index contributed by atoms with van der Waals surface area (Å²) in [4.78, 5) is 0. The lowest BCUT2D eigenvalue weighted by molar-refractivity contribution is 0.329. The number of rotatable bonds is 3. The first-order valence-electron chi connectivity index (χ1n) is 5.49. The third-order valence-electron chi connectivity index (χ3n) is 3.31. The van der Waals surface area contributed by atoms with Crippen molar-refractivity contribution in [1.29, 1.82) is 0 Å². The Morgan fingerprint density at radius 1 is 1.21 bits per heavy atom. The Bertz CT molecular complexity index is 261. The summed E-state index contributed by atoms with van der Waals surface area (Å²) in [6.45, 7) is 2.24. The first-order valence-corrected chi connectivity index (χ1v) is 7.21. The smallest absolute Gasteiger partial charge is 0.209 e. The van der Waals surface area contributed by atoms with Crippen LogP contribution in [0.25, 0.3) is 0 Å². The summed E-state index contributed by atoms with van der Waals surface area (Å²) in [7, 11) is -3.26. The lowest BCUT2D eigenvalue weighted by Gasteiger charge is -2.20.